The van der Waals surface area contributed by atoms with E-state index in [1.807, 2.05) is 0 Å². The zero-order valence-electron chi connectivity index (χ0n) is 10.0. The molecule has 0 aromatic heterocycles. The third-order valence-corrected chi connectivity index (χ3v) is 3.09. The molecule has 0 aliphatic heterocycles. The minimum atomic E-state index is -1.06. The molecule has 18 heavy (non-hydrogen) atoms. The summed E-state index contributed by atoms with van der Waals surface area (Å²) in [6, 6.07) is 3.74. The Bertz CT molecular complexity index is 398. The summed E-state index contributed by atoms with van der Waals surface area (Å²) in [6.45, 7) is 1.48. The van der Waals surface area contributed by atoms with Gasteiger partial charge in [0.15, 0.2) is 0 Å². The van der Waals surface area contributed by atoms with Crippen LogP contribution in [-0.4, -0.2) is 43.8 Å². The second-order valence-corrected chi connectivity index (χ2v) is 4.54. The molecule has 0 bridgehead atoms. The molecule has 6 heteroatoms. The van der Waals surface area contributed by atoms with E-state index in [9.17, 15) is 9.18 Å². The zero-order chi connectivity index (χ0) is 13.4. The molecule has 0 spiro atoms. The van der Waals surface area contributed by atoms with E-state index >= 15 is 0 Å². The van der Waals surface area contributed by atoms with E-state index in [1.54, 1.807) is 7.11 Å². The first-order chi connectivity index (χ1) is 8.65. The number of carboxylic acids is 1. The third kappa shape index (κ3) is 5.03. The van der Waals surface area contributed by atoms with E-state index in [1.165, 1.54) is 23.9 Å². The molecule has 0 saturated carbocycles. The van der Waals surface area contributed by atoms with Gasteiger partial charge in [-0.2, -0.15) is 0 Å². The average Bonchev–Trinajstić information content (AvgIpc) is 2.35. The molecule has 0 amide bonds. The molecule has 0 aliphatic carbocycles. The minimum absolute atomic E-state index is 0.0826. The number of benzene rings is 1. The lowest BCUT2D eigenvalue weighted by Crippen LogP contribution is -2.04. The van der Waals surface area contributed by atoms with Crippen molar-refractivity contribution in [2.45, 2.75) is 4.90 Å². The molecule has 0 aliphatic rings. The van der Waals surface area contributed by atoms with Crippen LogP contribution in [0.3, 0.4) is 0 Å². The number of halogens is 1. The number of hydrogen-bond donors (Lipinski definition) is 1. The zero-order valence-corrected chi connectivity index (χ0v) is 10.8. The van der Waals surface area contributed by atoms with Crippen molar-refractivity contribution >= 4 is 17.7 Å². The SMILES string of the molecule is COCCOCCSc1cc(C(=O)O)ccc1F. The quantitative estimate of drug-likeness (QED) is 0.582. The van der Waals surface area contributed by atoms with Crippen LogP contribution in [0.25, 0.3) is 0 Å². The van der Waals surface area contributed by atoms with Gasteiger partial charge in [-0.15, -0.1) is 11.8 Å². The largest absolute Gasteiger partial charge is 0.478 e. The van der Waals surface area contributed by atoms with Crippen molar-refractivity contribution in [2.75, 3.05) is 32.7 Å². The van der Waals surface area contributed by atoms with Gasteiger partial charge >= 0.3 is 5.97 Å². The highest BCUT2D eigenvalue weighted by Crippen LogP contribution is 2.22. The first kappa shape index (κ1) is 14.9. The van der Waals surface area contributed by atoms with Crippen molar-refractivity contribution in [1.82, 2.24) is 0 Å². The second kappa shape index (κ2) is 8.07. The standard InChI is InChI=1S/C12H15FO4S/c1-16-4-5-17-6-7-18-11-8-9(12(14)15)2-3-10(11)13/h2-3,8H,4-7H2,1H3,(H,14,15). The van der Waals surface area contributed by atoms with Gasteiger partial charge < -0.3 is 14.6 Å². The summed E-state index contributed by atoms with van der Waals surface area (Å²) in [5.74, 6) is -0.918. The normalized spacial score (nSPS) is 10.6. The Morgan fingerprint density at radius 1 is 1.39 bits per heavy atom. The fourth-order valence-corrected chi connectivity index (χ4v) is 2.04. The molecule has 0 atom stereocenters. The van der Waals surface area contributed by atoms with Crippen molar-refractivity contribution in [3.8, 4) is 0 Å². The van der Waals surface area contributed by atoms with E-state index < -0.39 is 11.8 Å². The van der Waals surface area contributed by atoms with Gasteiger partial charge in [0.1, 0.15) is 5.82 Å². The lowest BCUT2D eigenvalue weighted by Gasteiger charge is -2.05. The molecule has 1 aromatic rings. The van der Waals surface area contributed by atoms with Crippen LogP contribution in [0.15, 0.2) is 23.1 Å². The van der Waals surface area contributed by atoms with Crippen LogP contribution in [0.5, 0.6) is 0 Å². The molecule has 0 heterocycles. The highest BCUT2D eigenvalue weighted by molar-refractivity contribution is 7.99. The summed E-state index contributed by atoms with van der Waals surface area (Å²) in [5.41, 5.74) is 0.0826. The van der Waals surface area contributed by atoms with Crippen molar-refractivity contribution in [2.24, 2.45) is 0 Å². The molecule has 1 rings (SSSR count). The van der Waals surface area contributed by atoms with Gasteiger partial charge in [0.25, 0.3) is 0 Å². The van der Waals surface area contributed by atoms with E-state index in [4.69, 9.17) is 14.6 Å². The molecule has 1 N–H and O–H groups in total. The fraction of sp³-hybridized carbons (Fsp3) is 0.417. The van der Waals surface area contributed by atoms with Gasteiger partial charge in [0.05, 0.1) is 25.4 Å². The molecule has 4 nitrogen and oxygen atoms in total. The topological polar surface area (TPSA) is 55.8 Å². The number of rotatable bonds is 8. The van der Waals surface area contributed by atoms with Gasteiger partial charge in [-0.1, -0.05) is 0 Å². The summed E-state index contributed by atoms with van der Waals surface area (Å²) >= 11 is 1.23. The van der Waals surface area contributed by atoms with Crippen LogP contribution in [0, 0.1) is 5.82 Å². The Morgan fingerprint density at radius 3 is 2.83 bits per heavy atom. The van der Waals surface area contributed by atoms with E-state index in [0.717, 1.165) is 6.07 Å². The molecule has 1 aromatic carbocycles. The first-order valence-corrected chi connectivity index (χ1v) is 6.36. The lowest BCUT2D eigenvalue weighted by atomic mass is 10.2. The number of hydrogen-bond acceptors (Lipinski definition) is 4. The highest BCUT2D eigenvalue weighted by atomic mass is 32.2. The number of thioether (sulfide) groups is 1. The van der Waals surface area contributed by atoms with Crippen LogP contribution in [0.4, 0.5) is 4.39 Å². The number of ether oxygens (including phenoxy) is 2. The predicted octanol–water partition coefficient (Wildman–Crippen LogP) is 2.28. The Balaban J connectivity index is 2.41. The first-order valence-electron chi connectivity index (χ1n) is 5.37. The summed E-state index contributed by atoms with van der Waals surface area (Å²) in [5, 5.41) is 8.80. The van der Waals surface area contributed by atoms with Gasteiger partial charge in [-0.05, 0) is 18.2 Å². The van der Waals surface area contributed by atoms with Crippen molar-refractivity contribution in [3.05, 3.63) is 29.6 Å². The molecule has 0 fully saturated rings. The number of carbonyl (C=O) groups is 1. The summed E-state index contributed by atoms with van der Waals surface area (Å²) in [6.07, 6.45) is 0. The number of methoxy groups -OCH3 is 1. The van der Waals surface area contributed by atoms with Crippen molar-refractivity contribution in [1.29, 1.82) is 0 Å². The Kier molecular flexibility index (Phi) is 6.70. The molecule has 0 saturated heterocycles. The molecular weight excluding hydrogens is 259 g/mol. The summed E-state index contributed by atoms with van der Waals surface area (Å²) < 4.78 is 23.4. The van der Waals surface area contributed by atoms with Crippen LogP contribution in [0.2, 0.25) is 0 Å². The van der Waals surface area contributed by atoms with Gasteiger partial charge in [0.2, 0.25) is 0 Å². The van der Waals surface area contributed by atoms with Gasteiger partial charge in [0, 0.05) is 17.8 Å². The predicted molar refractivity (Wildman–Crippen MR) is 66.8 cm³/mol. The van der Waals surface area contributed by atoms with Gasteiger partial charge in [-0.3, -0.25) is 0 Å². The van der Waals surface area contributed by atoms with E-state index in [-0.39, 0.29) is 5.56 Å². The molecule has 0 unspecified atom stereocenters. The van der Waals surface area contributed by atoms with Crippen LogP contribution in [0.1, 0.15) is 10.4 Å². The van der Waals surface area contributed by atoms with E-state index in [2.05, 4.69) is 0 Å². The number of carboxylic acid groups (broad SMARTS) is 1. The van der Waals surface area contributed by atoms with Crippen LogP contribution in [-0.2, 0) is 9.47 Å². The smallest absolute Gasteiger partial charge is 0.335 e. The van der Waals surface area contributed by atoms with Crippen molar-refractivity contribution < 1.29 is 23.8 Å². The molecular formula is C12H15FO4S. The molecule has 100 valence electrons. The third-order valence-electron chi connectivity index (χ3n) is 2.10. The Hall–Kier alpha value is -1.11. The number of aromatic carboxylic acids is 1. The monoisotopic (exact) mass is 274 g/mol. The van der Waals surface area contributed by atoms with Crippen LogP contribution >= 0.6 is 11.8 Å². The van der Waals surface area contributed by atoms with Crippen LogP contribution < -0.4 is 0 Å². The molecule has 0 radical (unpaired) electrons. The van der Waals surface area contributed by atoms with E-state index in [0.29, 0.717) is 30.5 Å². The maximum atomic E-state index is 13.4. The maximum Gasteiger partial charge on any atom is 0.335 e. The van der Waals surface area contributed by atoms with Crippen molar-refractivity contribution in [3.63, 3.8) is 0 Å². The minimum Gasteiger partial charge on any atom is -0.478 e. The second-order valence-electron chi connectivity index (χ2n) is 3.40. The lowest BCUT2D eigenvalue weighted by molar-refractivity contribution is 0.0696. The highest BCUT2D eigenvalue weighted by Gasteiger charge is 2.08. The average molecular weight is 274 g/mol. The fourth-order valence-electron chi connectivity index (χ4n) is 1.20. The van der Waals surface area contributed by atoms with Gasteiger partial charge in [-0.25, -0.2) is 9.18 Å². The summed E-state index contributed by atoms with van der Waals surface area (Å²) in [7, 11) is 1.59. The maximum absolute atomic E-state index is 13.4. The Labute approximate surface area is 109 Å². The Morgan fingerprint density at radius 2 is 2.17 bits per heavy atom. The summed E-state index contributed by atoms with van der Waals surface area (Å²) in [4.78, 5) is 11.1.